The Morgan fingerprint density at radius 2 is 1.59 bits per heavy atom. The number of halogens is 2. The minimum atomic E-state index is -1.31. The van der Waals surface area contributed by atoms with Crippen LogP contribution in [0.1, 0.15) is 40.4 Å². The quantitative estimate of drug-likeness (QED) is 0.395. The third-order valence-electron chi connectivity index (χ3n) is 6.06. The molecule has 3 rings (SSSR count). The second-order valence-corrected chi connectivity index (χ2v) is 10.1. The number of aryl methyl sites for hydroxylation is 1. The average Bonchev–Trinajstić information content (AvgIpc) is 2.81. The van der Waals surface area contributed by atoms with E-state index in [1.165, 1.54) is 23.9 Å². The van der Waals surface area contributed by atoms with Gasteiger partial charge < -0.3 is 15.2 Å². The summed E-state index contributed by atoms with van der Waals surface area (Å²) >= 11 is 1.50. The number of thioether (sulfide) groups is 1. The van der Waals surface area contributed by atoms with Gasteiger partial charge in [-0.25, -0.2) is 8.78 Å². The molecule has 0 fully saturated rings. The van der Waals surface area contributed by atoms with Gasteiger partial charge in [0.15, 0.2) is 0 Å². The fraction of sp³-hybridized carbons (Fsp3) is 0.310. The molecule has 0 aliphatic carbocycles. The second-order valence-electron chi connectivity index (χ2n) is 9.11. The van der Waals surface area contributed by atoms with Crippen LogP contribution >= 0.6 is 11.8 Å². The molecule has 1 unspecified atom stereocenters. The van der Waals surface area contributed by atoms with Crippen LogP contribution in [0.15, 0.2) is 60.7 Å². The van der Waals surface area contributed by atoms with Crippen molar-refractivity contribution in [1.82, 2.24) is 5.32 Å². The van der Waals surface area contributed by atoms with Gasteiger partial charge in [-0.15, -0.1) is 0 Å². The van der Waals surface area contributed by atoms with Crippen LogP contribution in [0.4, 0.5) is 8.78 Å². The monoisotopic (exact) mass is 517 g/mol. The van der Waals surface area contributed by atoms with Gasteiger partial charge in [-0.05, 0) is 90.1 Å². The average molecular weight is 518 g/mol. The van der Waals surface area contributed by atoms with Gasteiger partial charge in [0.2, 0.25) is 0 Å². The van der Waals surface area contributed by atoms with Crippen molar-refractivity contribution in [3.63, 3.8) is 0 Å². The Balaban J connectivity index is 0.00000481. The number of aliphatic carboxylic acids is 1. The molecular formula is C29H30F2LiNO3S. The summed E-state index contributed by atoms with van der Waals surface area (Å²) in [7, 11) is 0. The van der Waals surface area contributed by atoms with Crippen LogP contribution in [0, 0.1) is 24.5 Å². The van der Waals surface area contributed by atoms with Gasteiger partial charge in [-0.1, -0.05) is 43.3 Å². The number of hydrogen-bond acceptors (Lipinski definition) is 4. The molecule has 0 saturated heterocycles. The van der Waals surface area contributed by atoms with E-state index in [1.807, 2.05) is 56.5 Å². The van der Waals surface area contributed by atoms with E-state index >= 15 is 0 Å². The molecule has 8 heteroatoms. The molecule has 2 atom stereocenters. The fourth-order valence-corrected chi connectivity index (χ4v) is 4.81. The number of carbonyl (C=O) groups excluding carboxylic acids is 2. The third-order valence-corrected chi connectivity index (χ3v) is 6.70. The normalized spacial score (nSPS) is 12.4. The Labute approximate surface area is 233 Å². The van der Waals surface area contributed by atoms with Crippen LogP contribution in [0.3, 0.4) is 0 Å². The predicted octanol–water partition coefficient (Wildman–Crippen LogP) is 1.97. The number of hydrogen-bond donors (Lipinski definition) is 1. The Morgan fingerprint density at radius 3 is 2.22 bits per heavy atom. The molecule has 1 N–H and O–H groups in total. The molecule has 1 amide bonds. The van der Waals surface area contributed by atoms with Crippen molar-refractivity contribution >= 4 is 23.6 Å². The predicted molar refractivity (Wildman–Crippen MR) is 139 cm³/mol. The van der Waals surface area contributed by atoms with Crippen LogP contribution in [0.25, 0.3) is 11.1 Å². The molecule has 37 heavy (non-hydrogen) atoms. The van der Waals surface area contributed by atoms with E-state index < -0.39 is 29.6 Å². The molecule has 0 aromatic heterocycles. The number of amides is 1. The van der Waals surface area contributed by atoms with Gasteiger partial charge in [0.05, 0.1) is 12.0 Å². The fourth-order valence-electron chi connectivity index (χ4n) is 4.34. The molecule has 190 valence electrons. The summed E-state index contributed by atoms with van der Waals surface area (Å²) in [6, 6.07) is 15.6. The standard InChI is InChI=1S/C29H31F2NO3S.Li/c1-18(13-21-14-22(30)17-23(31)15-21)12-20-8-9-25(26(16-20)24-7-5-4-6-19(24)2)28(33)32-27(29(34)35)10-11-36-3;/h4-9,14-18,27H,10-13H2,1-3H3,(H,32,33)(H,34,35);/q;+1/p-1/t18?,27-;/m0./s1. The summed E-state index contributed by atoms with van der Waals surface area (Å²) in [4.78, 5) is 24.8. The number of carboxylic acid groups (broad SMARTS) is 1. The van der Waals surface area contributed by atoms with E-state index in [1.54, 1.807) is 6.07 Å². The van der Waals surface area contributed by atoms with Crippen molar-refractivity contribution in [2.45, 2.75) is 39.2 Å². The maximum absolute atomic E-state index is 13.6. The topological polar surface area (TPSA) is 69.2 Å². The minimum absolute atomic E-state index is 0. The van der Waals surface area contributed by atoms with Crippen molar-refractivity contribution in [3.05, 3.63) is 94.6 Å². The number of nitrogens with one attached hydrogen (secondary N) is 1. The largest absolute Gasteiger partial charge is 1.00 e. The molecule has 0 aliphatic rings. The maximum atomic E-state index is 13.6. The second kappa shape index (κ2) is 14.4. The van der Waals surface area contributed by atoms with Crippen LogP contribution in [0.2, 0.25) is 0 Å². The summed E-state index contributed by atoms with van der Waals surface area (Å²) < 4.78 is 27.2. The van der Waals surface area contributed by atoms with E-state index in [2.05, 4.69) is 5.32 Å². The van der Waals surface area contributed by atoms with E-state index in [4.69, 9.17) is 0 Å². The van der Waals surface area contributed by atoms with Crippen molar-refractivity contribution in [2.75, 3.05) is 12.0 Å². The SMILES string of the molecule is CSCC[C@H](NC(=O)c1ccc(CC(C)Cc2cc(F)cc(F)c2)cc1-c1ccccc1C)C(=O)[O-].[Li+]. The number of rotatable bonds is 11. The van der Waals surface area contributed by atoms with E-state index in [0.717, 1.165) is 22.8 Å². The van der Waals surface area contributed by atoms with Gasteiger partial charge >= 0.3 is 18.9 Å². The van der Waals surface area contributed by atoms with E-state index in [-0.39, 0.29) is 31.2 Å². The van der Waals surface area contributed by atoms with Gasteiger partial charge in [0, 0.05) is 11.6 Å². The zero-order valence-corrected chi connectivity index (χ0v) is 22.5. The first-order valence-corrected chi connectivity index (χ1v) is 13.2. The molecule has 0 spiro atoms. The van der Waals surface area contributed by atoms with Crippen molar-refractivity contribution in [2.24, 2.45) is 5.92 Å². The van der Waals surface area contributed by atoms with Crippen molar-refractivity contribution in [3.8, 4) is 11.1 Å². The van der Waals surface area contributed by atoms with Crippen molar-refractivity contribution < 1.29 is 42.3 Å². The first-order chi connectivity index (χ1) is 17.2. The van der Waals surface area contributed by atoms with Crippen LogP contribution < -0.4 is 29.3 Å². The van der Waals surface area contributed by atoms with Crippen LogP contribution in [-0.2, 0) is 17.6 Å². The maximum Gasteiger partial charge on any atom is 1.00 e. The van der Waals surface area contributed by atoms with E-state index in [9.17, 15) is 23.5 Å². The van der Waals surface area contributed by atoms with E-state index in [0.29, 0.717) is 35.3 Å². The summed E-state index contributed by atoms with van der Waals surface area (Å²) in [6.45, 7) is 3.96. The Bertz CT molecular complexity index is 1220. The Hall–Kier alpha value is -2.59. The smallest absolute Gasteiger partial charge is 0.548 e. The van der Waals surface area contributed by atoms with Crippen LogP contribution in [-0.4, -0.2) is 29.9 Å². The third kappa shape index (κ3) is 8.74. The zero-order chi connectivity index (χ0) is 26.2. The van der Waals surface area contributed by atoms with Gasteiger partial charge in [-0.3, -0.25) is 4.79 Å². The number of carbonyl (C=O) groups is 2. The molecule has 0 radical (unpaired) electrons. The van der Waals surface area contributed by atoms with Gasteiger partial charge in [-0.2, -0.15) is 11.8 Å². The Kier molecular flexibility index (Phi) is 11.9. The first kappa shape index (κ1) is 30.6. The molecule has 0 aliphatic heterocycles. The van der Waals surface area contributed by atoms with Crippen molar-refractivity contribution in [1.29, 1.82) is 0 Å². The molecule has 0 heterocycles. The molecule has 0 bridgehead atoms. The number of benzene rings is 3. The van der Waals surface area contributed by atoms with Crippen LogP contribution in [0.5, 0.6) is 0 Å². The molecular weight excluding hydrogens is 487 g/mol. The molecule has 0 saturated carbocycles. The molecule has 4 nitrogen and oxygen atoms in total. The Morgan fingerprint density at radius 1 is 0.946 bits per heavy atom. The summed E-state index contributed by atoms with van der Waals surface area (Å²) in [6.07, 6.45) is 3.27. The summed E-state index contributed by atoms with van der Waals surface area (Å²) in [5.41, 5.74) is 4.49. The zero-order valence-electron chi connectivity index (χ0n) is 21.6. The minimum Gasteiger partial charge on any atom is -0.548 e. The molecule has 3 aromatic rings. The van der Waals surface area contributed by atoms with Gasteiger partial charge in [0.1, 0.15) is 11.6 Å². The first-order valence-electron chi connectivity index (χ1n) is 11.8. The summed E-state index contributed by atoms with van der Waals surface area (Å²) in [5, 5.41) is 14.2. The van der Waals surface area contributed by atoms with Gasteiger partial charge in [0.25, 0.3) is 5.91 Å². The molecule has 3 aromatic carbocycles. The summed E-state index contributed by atoms with van der Waals surface area (Å²) in [5.74, 6) is -2.31. The number of carboxylic acids is 1.